The van der Waals surface area contributed by atoms with E-state index in [0.717, 1.165) is 16.7 Å². The molecule has 0 saturated carbocycles. The van der Waals surface area contributed by atoms with Gasteiger partial charge in [-0.1, -0.05) is 105 Å². The fraction of sp³-hybridized carbons (Fsp3) is 0.353. The first kappa shape index (κ1) is 29.2. The Bertz CT molecular complexity index is 1350. The summed E-state index contributed by atoms with van der Waals surface area (Å²) in [5.74, 6) is -0.826. The average molecular weight is 567 g/mol. The average Bonchev–Trinajstić information content (AvgIpc) is 3.79. The fourth-order valence-corrected chi connectivity index (χ4v) is 6.54. The first-order valence-electron chi connectivity index (χ1n) is 14.5. The van der Waals surface area contributed by atoms with Crippen LogP contribution >= 0.6 is 0 Å². The summed E-state index contributed by atoms with van der Waals surface area (Å²) >= 11 is 0. The van der Waals surface area contributed by atoms with Crippen molar-refractivity contribution in [1.29, 1.82) is 0 Å². The van der Waals surface area contributed by atoms with Crippen molar-refractivity contribution in [2.24, 2.45) is 5.92 Å². The van der Waals surface area contributed by atoms with Crippen LogP contribution in [0, 0.1) is 5.92 Å². The summed E-state index contributed by atoms with van der Waals surface area (Å²) in [6, 6.07) is 29.0. The lowest BCUT2D eigenvalue weighted by Gasteiger charge is -2.39. The van der Waals surface area contributed by atoms with Gasteiger partial charge in [0, 0.05) is 26.7 Å². The second-order valence-electron chi connectivity index (χ2n) is 11.5. The van der Waals surface area contributed by atoms with E-state index in [2.05, 4.69) is 41.3 Å². The number of imide groups is 1. The van der Waals surface area contributed by atoms with Gasteiger partial charge < -0.3 is 9.80 Å². The highest BCUT2D eigenvalue weighted by Gasteiger charge is 2.57. The predicted molar refractivity (Wildman–Crippen MR) is 160 cm³/mol. The Morgan fingerprint density at radius 2 is 1.29 bits per heavy atom. The van der Waals surface area contributed by atoms with Gasteiger partial charge in [0.25, 0.3) is 0 Å². The number of benzene rings is 3. The van der Waals surface area contributed by atoms with Gasteiger partial charge in [0.2, 0.25) is 11.8 Å². The minimum Gasteiger partial charge on any atom is -0.317 e. The van der Waals surface area contributed by atoms with E-state index in [4.69, 9.17) is 0 Å². The van der Waals surface area contributed by atoms with E-state index in [1.165, 1.54) is 21.6 Å². The van der Waals surface area contributed by atoms with E-state index < -0.39 is 23.5 Å². The Morgan fingerprint density at radius 3 is 1.69 bits per heavy atom. The maximum atomic E-state index is 13.9. The molecule has 2 heterocycles. The molecule has 2 saturated heterocycles. The summed E-state index contributed by atoms with van der Waals surface area (Å²) in [6.07, 6.45) is 0. The quantitative estimate of drug-likeness (QED) is 0.234. The predicted octanol–water partition coefficient (Wildman–Crippen LogP) is 4.00. The number of nitrogens with zero attached hydrogens (tertiary/aromatic N) is 4. The molecule has 1 unspecified atom stereocenters. The molecule has 3 aromatic carbocycles. The van der Waals surface area contributed by atoms with Crippen LogP contribution in [0.25, 0.3) is 0 Å². The lowest BCUT2D eigenvalue weighted by atomic mass is 9.76. The standard InChI is InChI=1S/C34H38N4O4/c1-24(2)31(25(3)39)35(4)33(42)36-20-21-37(30(40)23-36)32(41)29-22-38(29)34(26-14-8-5-9-15-26,27-16-10-6-11-17-27)28-18-12-7-13-19-28/h5-19,24,29,31H,20-23H2,1-4H3/t29-,31+,38?/m1/s1. The lowest BCUT2D eigenvalue weighted by Crippen LogP contribution is -2.59. The smallest absolute Gasteiger partial charge is 0.317 e. The molecule has 0 aliphatic carbocycles. The third-order valence-electron chi connectivity index (χ3n) is 8.43. The molecular formula is C34H38N4O4. The number of carbonyl (C=O) groups excluding carboxylic acids is 4. The molecule has 0 aromatic heterocycles. The number of likely N-dealkylation sites (N-methyl/N-ethyl adjacent to an activating group) is 1. The maximum absolute atomic E-state index is 13.9. The van der Waals surface area contributed by atoms with E-state index in [0.29, 0.717) is 6.54 Å². The molecule has 2 aliphatic heterocycles. The summed E-state index contributed by atoms with van der Waals surface area (Å²) in [6.45, 7) is 5.86. The van der Waals surface area contributed by atoms with Gasteiger partial charge in [-0.05, 0) is 29.5 Å². The van der Waals surface area contributed by atoms with Gasteiger partial charge in [-0.25, -0.2) is 4.79 Å². The van der Waals surface area contributed by atoms with Gasteiger partial charge in [0.15, 0.2) is 5.78 Å². The maximum Gasteiger partial charge on any atom is 0.320 e. The number of Topliss-reactive ketones (excluding diaryl/α,β-unsaturated/α-hetero) is 1. The lowest BCUT2D eigenvalue weighted by molar-refractivity contribution is -0.148. The van der Waals surface area contributed by atoms with Crippen LogP contribution in [0.5, 0.6) is 0 Å². The normalized spacial score (nSPS) is 19.4. The zero-order valence-electron chi connectivity index (χ0n) is 24.6. The monoisotopic (exact) mass is 566 g/mol. The van der Waals surface area contributed by atoms with Gasteiger partial charge in [0.1, 0.15) is 12.6 Å². The summed E-state index contributed by atoms with van der Waals surface area (Å²) in [5.41, 5.74) is 2.37. The fourth-order valence-electron chi connectivity index (χ4n) is 6.54. The van der Waals surface area contributed by atoms with E-state index >= 15 is 0 Å². The second kappa shape index (κ2) is 11.9. The van der Waals surface area contributed by atoms with Crippen molar-refractivity contribution in [2.75, 3.05) is 33.2 Å². The molecule has 3 aromatic rings. The third kappa shape index (κ3) is 5.23. The van der Waals surface area contributed by atoms with Gasteiger partial charge in [0.05, 0.1) is 11.6 Å². The Morgan fingerprint density at radius 1 is 0.810 bits per heavy atom. The zero-order valence-corrected chi connectivity index (χ0v) is 24.6. The highest BCUT2D eigenvalue weighted by molar-refractivity contribution is 6.02. The highest BCUT2D eigenvalue weighted by Crippen LogP contribution is 2.48. The number of amides is 4. The number of urea groups is 1. The Kier molecular flexibility index (Phi) is 8.27. The number of hydrogen-bond donors (Lipinski definition) is 0. The summed E-state index contributed by atoms with van der Waals surface area (Å²) in [4.78, 5) is 58.9. The molecule has 218 valence electrons. The van der Waals surface area contributed by atoms with Crippen LogP contribution in [0.4, 0.5) is 4.79 Å². The molecule has 4 amide bonds. The van der Waals surface area contributed by atoms with Crippen molar-refractivity contribution >= 4 is 23.6 Å². The van der Waals surface area contributed by atoms with Crippen LogP contribution in [0.1, 0.15) is 37.5 Å². The Balaban J connectivity index is 1.40. The molecule has 5 rings (SSSR count). The van der Waals surface area contributed by atoms with Gasteiger partial charge in [-0.3, -0.25) is 24.2 Å². The number of piperazine rings is 1. The molecule has 2 fully saturated rings. The summed E-state index contributed by atoms with van der Waals surface area (Å²) < 4.78 is 0. The van der Waals surface area contributed by atoms with E-state index in [9.17, 15) is 19.2 Å². The van der Waals surface area contributed by atoms with Crippen LogP contribution in [0.2, 0.25) is 0 Å². The van der Waals surface area contributed by atoms with Crippen LogP contribution in [-0.4, -0.2) is 88.5 Å². The molecule has 0 spiro atoms. The number of carbonyl (C=O) groups is 4. The molecule has 0 N–H and O–H groups in total. The minimum absolute atomic E-state index is 0.0602. The van der Waals surface area contributed by atoms with Gasteiger partial charge in [-0.15, -0.1) is 0 Å². The van der Waals surface area contributed by atoms with Crippen molar-refractivity contribution < 1.29 is 19.2 Å². The van der Waals surface area contributed by atoms with Crippen molar-refractivity contribution in [1.82, 2.24) is 19.6 Å². The SMILES string of the molecule is CC(=O)[C@H](C(C)C)N(C)C(=O)N1CCN(C(=O)[C@H]2CN2C(c2ccccc2)(c2ccccc2)c2ccccc2)C(=O)C1. The van der Waals surface area contributed by atoms with Crippen molar-refractivity contribution in [2.45, 2.75) is 38.4 Å². The van der Waals surface area contributed by atoms with Crippen molar-refractivity contribution in [3.8, 4) is 0 Å². The van der Waals surface area contributed by atoms with Crippen LogP contribution < -0.4 is 0 Å². The molecular weight excluding hydrogens is 528 g/mol. The number of hydrogen-bond acceptors (Lipinski definition) is 5. The van der Waals surface area contributed by atoms with E-state index in [1.54, 1.807) is 7.05 Å². The van der Waals surface area contributed by atoms with Gasteiger partial charge in [-0.2, -0.15) is 0 Å². The van der Waals surface area contributed by atoms with Crippen LogP contribution in [-0.2, 0) is 19.9 Å². The number of ketones is 1. The third-order valence-corrected chi connectivity index (χ3v) is 8.43. The van der Waals surface area contributed by atoms with Crippen molar-refractivity contribution in [3.05, 3.63) is 108 Å². The highest BCUT2D eigenvalue weighted by atomic mass is 16.2. The minimum atomic E-state index is -0.730. The van der Waals surface area contributed by atoms with Crippen molar-refractivity contribution in [3.63, 3.8) is 0 Å². The first-order chi connectivity index (χ1) is 20.2. The topological polar surface area (TPSA) is 81.0 Å². The van der Waals surface area contributed by atoms with E-state index in [-0.39, 0.29) is 43.3 Å². The molecule has 2 aliphatic rings. The molecule has 42 heavy (non-hydrogen) atoms. The molecule has 0 bridgehead atoms. The Labute approximate surface area is 247 Å². The molecule has 3 atom stereocenters. The van der Waals surface area contributed by atoms with E-state index in [1.807, 2.05) is 68.4 Å². The largest absolute Gasteiger partial charge is 0.320 e. The van der Waals surface area contributed by atoms with Gasteiger partial charge >= 0.3 is 6.03 Å². The van der Waals surface area contributed by atoms with Crippen LogP contribution in [0.15, 0.2) is 91.0 Å². The molecule has 8 heteroatoms. The zero-order chi connectivity index (χ0) is 30.0. The summed E-state index contributed by atoms with van der Waals surface area (Å²) in [7, 11) is 1.59. The molecule has 8 nitrogen and oxygen atoms in total. The Hall–Kier alpha value is -4.30. The first-order valence-corrected chi connectivity index (χ1v) is 14.5. The molecule has 0 radical (unpaired) electrons. The number of rotatable bonds is 8. The van der Waals surface area contributed by atoms with Crippen LogP contribution in [0.3, 0.4) is 0 Å². The second-order valence-corrected chi connectivity index (χ2v) is 11.5. The summed E-state index contributed by atoms with van der Waals surface area (Å²) in [5, 5.41) is 0.